The van der Waals surface area contributed by atoms with Crippen molar-refractivity contribution in [2.24, 2.45) is 17.8 Å². The number of aliphatic hydroxyl groups is 1. The average molecular weight is 390 g/mol. The van der Waals surface area contributed by atoms with Gasteiger partial charge in [-0.1, -0.05) is 19.3 Å². The molecule has 3 nitrogen and oxygen atoms in total. The second-order valence-electron chi connectivity index (χ2n) is 7.47. The molecule has 0 heterocycles. The summed E-state index contributed by atoms with van der Waals surface area (Å²) < 4.78 is 80.2. The summed E-state index contributed by atoms with van der Waals surface area (Å²) in [5.41, 5.74) is -4.67. The van der Waals surface area contributed by atoms with Crippen LogP contribution in [0.5, 0.6) is 0 Å². The first-order chi connectivity index (χ1) is 12.0. The molecule has 1 N–H and O–H groups in total. The van der Waals surface area contributed by atoms with Crippen molar-refractivity contribution >= 4 is 5.97 Å². The summed E-state index contributed by atoms with van der Waals surface area (Å²) in [6.07, 6.45) is -8.44. The second-order valence-corrected chi connectivity index (χ2v) is 7.47. The van der Waals surface area contributed by atoms with Crippen LogP contribution in [-0.2, 0) is 9.53 Å². The summed E-state index contributed by atoms with van der Waals surface area (Å²) in [5, 5.41) is 9.01. The first kappa shape index (κ1) is 21.3. The van der Waals surface area contributed by atoms with Crippen LogP contribution in [-0.4, -0.2) is 35.6 Å². The van der Waals surface area contributed by atoms with Crippen LogP contribution in [0, 0.1) is 17.8 Å². The number of halogens is 6. The lowest BCUT2D eigenvalue weighted by molar-refractivity contribution is -0.370. The van der Waals surface area contributed by atoms with Gasteiger partial charge in [0.1, 0.15) is 0 Å². The fraction of sp³-hybridized carbons (Fsp3) is 0.941. The van der Waals surface area contributed by atoms with E-state index >= 15 is 0 Å². The van der Waals surface area contributed by atoms with Crippen LogP contribution >= 0.6 is 0 Å². The number of fused-ring (bicyclic) bond motifs is 2. The van der Waals surface area contributed by atoms with Gasteiger partial charge >= 0.3 is 18.3 Å². The molecule has 2 rings (SSSR count). The third-order valence-electron chi connectivity index (χ3n) is 5.66. The van der Waals surface area contributed by atoms with E-state index in [0.717, 1.165) is 25.7 Å². The molecule has 2 aliphatic rings. The predicted molar refractivity (Wildman–Crippen MR) is 80.0 cm³/mol. The number of alkyl halides is 6. The van der Waals surface area contributed by atoms with Crippen molar-refractivity contribution in [1.29, 1.82) is 0 Å². The Balaban J connectivity index is 1.61. The Bertz CT molecular complexity index is 474. The van der Waals surface area contributed by atoms with Crippen molar-refractivity contribution in [2.45, 2.75) is 75.7 Å². The van der Waals surface area contributed by atoms with Crippen molar-refractivity contribution in [3.8, 4) is 0 Å². The maximum Gasteiger partial charge on any atom is 0.426 e. The van der Waals surface area contributed by atoms with Crippen LogP contribution in [0.15, 0.2) is 0 Å². The molecular weight excluding hydrogens is 366 g/mol. The van der Waals surface area contributed by atoms with E-state index in [-0.39, 0.29) is 24.9 Å². The van der Waals surface area contributed by atoms with E-state index in [9.17, 15) is 31.1 Å². The van der Waals surface area contributed by atoms with Crippen molar-refractivity contribution in [3.05, 3.63) is 0 Å². The average Bonchev–Trinajstić information content (AvgIpc) is 3.14. The van der Waals surface area contributed by atoms with Crippen LogP contribution in [0.3, 0.4) is 0 Å². The minimum atomic E-state index is -5.76. The highest BCUT2D eigenvalue weighted by molar-refractivity contribution is 5.73. The molecule has 0 amide bonds. The lowest BCUT2D eigenvalue weighted by Gasteiger charge is -2.32. The molecule has 0 aliphatic heterocycles. The highest BCUT2D eigenvalue weighted by Gasteiger charge is 2.69. The number of rotatable bonds is 8. The van der Waals surface area contributed by atoms with Gasteiger partial charge in [-0.3, -0.25) is 4.79 Å². The molecule has 0 radical (unpaired) electrons. The second kappa shape index (κ2) is 7.94. The van der Waals surface area contributed by atoms with E-state index in [1.54, 1.807) is 0 Å². The fourth-order valence-electron chi connectivity index (χ4n) is 4.09. The molecule has 0 aromatic carbocycles. The third kappa shape index (κ3) is 4.64. The van der Waals surface area contributed by atoms with Crippen LogP contribution in [0.2, 0.25) is 0 Å². The number of ether oxygens (including phenoxy) is 1. The quantitative estimate of drug-likeness (QED) is 0.369. The molecule has 2 saturated carbocycles. The van der Waals surface area contributed by atoms with Gasteiger partial charge < -0.3 is 9.84 Å². The number of carbonyl (C=O) groups excluding carboxylic acids is 1. The van der Waals surface area contributed by atoms with Crippen molar-refractivity contribution < 1.29 is 41.0 Å². The number of carbonyl (C=O) groups is 1. The zero-order valence-electron chi connectivity index (χ0n) is 14.3. The Kier molecular flexibility index (Phi) is 6.51. The van der Waals surface area contributed by atoms with Gasteiger partial charge in [0.05, 0.1) is 12.5 Å². The van der Waals surface area contributed by atoms with Crippen molar-refractivity contribution in [1.82, 2.24) is 0 Å². The Labute approximate surface area is 148 Å². The molecule has 2 fully saturated rings. The summed E-state index contributed by atoms with van der Waals surface area (Å²) >= 11 is 0. The molecular formula is C17H24F6O3. The molecule has 9 heteroatoms. The molecule has 2 aliphatic carbocycles. The first-order valence-electron chi connectivity index (χ1n) is 8.98. The Morgan fingerprint density at radius 3 is 2.04 bits per heavy atom. The maximum absolute atomic E-state index is 12.5. The molecule has 26 heavy (non-hydrogen) atoms. The zero-order chi connectivity index (χ0) is 19.6. The summed E-state index contributed by atoms with van der Waals surface area (Å²) in [7, 11) is 0. The Hall–Kier alpha value is -0.990. The van der Waals surface area contributed by atoms with Gasteiger partial charge in [0.25, 0.3) is 5.60 Å². The van der Waals surface area contributed by atoms with E-state index < -0.39 is 30.8 Å². The van der Waals surface area contributed by atoms with Crippen LogP contribution in [0.4, 0.5) is 26.3 Å². The summed E-state index contributed by atoms with van der Waals surface area (Å²) in [6, 6.07) is 0. The van der Waals surface area contributed by atoms with Gasteiger partial charge in [-0.15, -0.1) is 0 Å². The predicted octanol–water partition coefficient (Wildman–Crippen LogP) is 4.77. The van der Waals surface area contributed by atoms with Gasteiger partial charge in [0.2, 0.25) is 0 Å². The van der Waals surface area contributed by atoms with Crippen LogP contribution in [0.25, 0.3) is 0 Å². The highest BCUT2D eigenvalue weighted by Crippen LogP contribution is 2.49. The van der Waals surface area contributed by atoms with E-state index in [4.69, 9.17) is 9.84 Å². The molecule has 0 aromatic rings. The molecule has 0 spiro atoms. The Morgan fingerprint density at radius 2 is 1.54 bits per heavy atom. The van der Waals surface area contributed by atoms with E-state index in [2.05, 4.69) is 0 Å². The summed E-state index contributed by atoms with van der Waals surface area (Å²) in [6.45, 7) is 0.121. The minimum absolute atomic E-state index is 0.0534. The Morgan fingerprint density at radius 1 is 0.923 bits per heavy atom. The minimum Gasteiger partial charge on any atom is -0.465 e. The molecule has 0 saturated heterocycles. The number of esters is 1. The molecule has 3 atom stereocenters. The monoisotopic (exact) mass is 390 g/mol. The number of hydrogen-bond acceptors (Lipinski definition) is 3. The fourth-order valence-corrected chi connectivity index (χ4v) is 4.09. The summed E-state index contributed by atoms with van der Waals surface area (Å²) in [4.78, 5) is 12.0. The van der Waals surface area contributed by atoms with Crippen LogP contribution in [0.1, 0.15) is 57.8 Å². The highest BCUT2D eigenvalue weighted by atomic mass is 19.4. The molecule has 3 unspecified atom stereocenters. The first-order valence-corrected chi connectivity index (χ1v) is 8.98. The van der Waals surface area contributed by atoms with Gasteiger partial charge in [-0.05, 0) is 50.4 Å². The van der Waals surface area contributed by atoms with Crippen molar-refractivity contribution in [3.63, 3.8) is 0 Å². The van der Waals surface area contributed by atoms with E-state index in [0.29, 0.717) is 24.7 Å². The number of hydrogen-bond donors (Lipinski definition) is 1. The lowest BCUT2D eigenvalue weighted by Crippen LogP contribution is -2.56. The van der Waals surface area contributed by atoms with Crippen LogP contribution < -0.4 is 0 Å². The van der Waals surface area contributed by atoms with Crippen molar-refractivity contribution in [2.75, 3.05) is 6.61 Å². The van der Waals surface area contributed by atoms with Gasteiger partial charge in [0, 0.05) is 0 Å². The normalized spacial score (nSPS) is 26.3. The van der Waals surface area contributed by atoms with Gasteiger partial charge in [-0.25, -0.2) is 0 Å². The molecule has 2 bridgehead atoms. The number of unbranched alkanes of at least 4 members (excludes halogenated alkanes) is 3. The lowest BCUT2D eigenvalue weighted by atomic mass is 9.89. The topological polar surface area (TPSA) is 46.5 Å². The zero-order valence-corrected chi connectivity index (χ0v) is 14.3. The molecule has 0 aromatic heterocycles. The van der Waals surface area contributed by atoms with Gasteiger partial charge in [0.15, 0.2) is 0 Å². The smallest absolute Gasteiger partial charge is 0.426 e. The summed E-state index contributed by atoms with van der Waals surface area (Å²) in [5.74, 6) is 0.719. The van der Waals surface area contributed by atoms with E-state index in [1.807, 2.05) is 0 Å². The largest absolute Gasteiger partial charge is 0.465 e. The van der Waals surface area contributed by atoms with Gasteiger partial charge in [-0.2, -0.15) is 26.3 Å². The standard InChI is InChI=1S/C17H24F6O3/c18-16(19,20)15(25,17(21,22)23)7-3-1-2-4-8-26-14(24)13-10-11-5-6-12(13)9-11/h11-13,25H,1-10H2. The molecule has 152 valence electrons. The third-order valence-corrected chi connectivity index (χ3v) is 5.66. The van der Waals surface area contributed by atoms with E-state index in [1.165, 1.54) is 0 Å². The maximum atomic E-state index is 12.5. The SMILES string of the molecule is O=C(OCCCCCCC(O)(C(F)(F)F)C(F)(F)F)C1CC2CCC1C2.